The van der Waals surface area contributed by atoms with E-state index in [2.05, 4.69) is 11.1 Å². The third-order valence-electron chi connectivity index (χ3n) is 5.40. The number of benzene rings is 2. The monoisotopic (exact) mass is 428 g/mol. The van der Waals surface area contributed by atoms with E-state index in [-0.39, 0.29) is 17.2 Å². The van der Waals surface area contributed by atoms with Gasteiger partial charge in [-0.25, -0.2) is 4.98 Å². The summed E-state index contributed by atoms with van der Waals surface area (Å²) in [5, 5.41) is 1.10. The van der Waals surface area contributed by atoms with Crippen molar-refractivity contribution in [1.29, 1.82) is 0 Å². The lowest BCUT2D eigenvalue weighted by Crippen LogP contribution is -2.31. The molecule has 0 atom stereocenters. The van der Waals surface area contributed by atoms with Gasteiger partial charge in [-0.1, -0.05) is 48.2 Å². The van der Waals surface area contributed by atoms with Gasteiger partial charge in [0.1, 0.15) is 0 Å². The van der Waals surface area contributed by atoms with Gasteiger partial charge in [-0.2, -0.15) is 0 Å². The minimum Gasteiger partial charge on any atom is -0.311 e. The number of hydrogen-bond donors (Lipinski definition) is 0. The molecule has 0 bridgehead atoms. The normalized spacial score (nSPS) is 12.8. The molecule has 1 amide bonds. The van der Waals surface area contributed by atoms with Crippen molar-refractivity contribution in [2.45, 2.75) is 18.1 Å². The molecule has 3 heterocycles. The Morgan fingerprint density at radius 3 is 2.74 bits per heavy atom. The van der Waals surface area contributed by atoms with Crippen LogP contribution in [0.25, 0.3) is 10.9 Å². The van der Waals surface area contributed by atoms with Crippen molar-refractivity contribution >= 4 is 34.3 Å². The molecule has 0 radical (unpaired) electrons. The summed E-state index contributed by atoms with van der Waals surface area (Å²) in [6.07, 6.45) is 4.31. The van der Waals surface area contributed by atoms with Crippen molar-refractivity contribution in [2.75, 3.05) is 17.2 Å². The van der Waals surface area contributed by atoms with Gasteiger partial charge in [-0.3, -0.25) is 19.1 Å². The molecule has 1 aliphatic rings. The van der Waals surface area contributed by atoms with Crippen LogP contribution >= 0.6 is 11.8 Å². The van der Waals surface area contributed by atoms with Crippen molar-refractivity contribution in [3.05, 3.63) is 94.5 Å². The first kappa shape index (κ1) is 19.5. The maximum atomic E-state index is 13.2. The summed E-state index contributed by atoms with van der Waals surface area (Å²) in [6.45, 7) is 1.04. The summed E-state index contributed by atoms with van der Waals surface area (Å²) in [6, 6.07) is 19.1. The van der Waals surface area contributed by atoms with E-state index in [1.165, 1.54) is 17.3 Å². The van der Waals surface area contributed by atoms with Crippen LogP contribution in [0.3, 0.4) is 0 Å². The lowest BCUT2D eigenvalue weighted by Gasteiger charge is -2.18. The summed E-state index contributed by atoms with van der Waals surface area (Å²) in [5.74, 6) is 0.233. The van der Waals surface area contributed by atoms with Crippen LogP contribution in [0, 0.1) is 0 Å². The lowest BCUT2D eigenvalue weighted by molar-refractivity contribution is -0.116. The Morgan fingerprint density at radius 1 is 1.03 bits per heavy atom. The Hall–Kier alpha value is -3.45. The molecule has 7 heteroatoms. The molecule has 0 saturated carbocycles. The molecular formula is C24H20N4O2S. The fourth-order valence-electron chi connectivity index (χ4n) is 3.87. The number of carbonyl (C=O) groups is 1. The van der Waals surface area contributed by atoms with Crippen LogP contribution in [0.5, 0.6) is 0 Å². The summed E-state index contributed by atoms with van der Waals surface area (Å²) in [7, 11) is 0. The van der Waals surface area contributed by atoms with E-state index in [1.807, 2.05) is 53.4 Å². The smallest absolute Gasteiger partial charge is 0.262 e. The van der Waals surface area contributed by atoms with Crippen LogP contribution in [0.15, 0.2) is 83.0 Å². The molecule has 154 valence electrons. The minimum atomic E-state index is -0.115. The number of thioether (sulfide) groups is 1. The molecule has 0 aliphatic carbocycles. The zero-order valence-electron chi connectivity index (χ0n) is 16.8. The maximum Gasteiger partial charge on any atom is 0.262 e. The minimum absolute atomic E-state index is 0.0188. The SMILES string of the molecule is O=C(CSc1nc2ccccc2c(=O)n1Cc1cccnc1)N1CCc2ccccc21. The number of anilines is 1. The standard InChI is InChI=1S/C24H20N4O2S/c29-22(27-13-11-18-7-1-4-10-21(18)27)16-31-24-26-20-9-3-2-8-19(20)23(30)28(24)15-17-6-5-12-25-14-17/h1-10,12,14H,11,13,15-16H2. The average Bonchev–Trinajstić information content (AvgIpc) is 3.25. The van der Waals surface area contributed by atoms with Gasteiger partial charge in [0.25, 0.3) is 5.56 Å². The first-order valence-corrected chi connectivity index (χ1v) is 11.1. The molecule has 6 nitrogen and oxygen atoms in total. The number of rotatable bonds is 5. The van der Waals surface area contributed by atoms with Crippen LogP contribution in [0.1, 0.15) is 11.1 Å². The first-order chi connectivity index (χ1) is 15.2. The Kier molecular flexibility index (Phi) is 5.26. The number of pyridine rings is 1. The highest BCUT2D eigenvalue weighted by Gasteiger charge is 2.24. The zero-order valence-corrected chi connectivity index (χ0v) is 17.6. The van der Waals surface area contributed by atoms with Gasteiger partial charge < -0.3 is 4.90 Å². The Morgan fingerprint density at radius 2 is 1.87 bits per heavy atom. The van der Waals surface area contributed by atoms with Crippen LogP contribution in [0.2, 0.25) is 0 Å². The van der Waals surface area contributed by atoms with Gasteiger partial charge >= 0.3 is 0 Å². The van der Waals surface area contributed by atoms with E-state index >= 15 is 0 Å². The van der Waals surface area contributed by atoms with Crippen molar-refractivity contribution in [3.63, 3.8) is 0 Å². The van der Waals surface area contributed by atoms with Crippen molar-refractivity contribution in [2.24, 2.45) is 0 Å². The number of nitrogens with zero attached hydrogens (tertiary/aromatic N) is 4. The fourth-order valence-corrected chi connectivity index (χ4v) is 4.75. The van der Waals surface area contributed by atoms with E-state index in [0.29, 0.717) is 29.1 Å². The quantitative estimate of drug-likeness (QED) is 0.359. The van der Waals surface area contributed by atoms with Crippen LogP contribution < -0.4 is 10.5 Å². The van der Waals surface area contributed by atoms with E-state index < -0.39 is 0 Å². The number of hydrogen-bond acceptors (Lipinski definition) is 5. The third kappa shape index (κ3) is 3.84. The second-order valence-electron chi connectivity index (χ2n) is 7.38. The van der Waals surface area contributed by atoms with Crippen molar-refractivity contribution in [3.8, 4) is 0 Å². The predicted molar refractivity (Wildman–Crippen MR) is 123 cm³/mol. The van der Waals surface area contributed by atoms with E-state index in [4.69, 9.17) is 4.98 Å². The third-order valence-corrected chi connectivity index (χ3v) is 6.36. The zero-order chi connectivity index (χ0) is 21.2. The molecule has 0 saturated heterocycles. The second-order valence-corrected chi connectivity index (χ2v) is 8.32. The Balaban J connectivity index is 1.45. The maximum absolute atomic E-state index is 13.2. The van der Waals surface area contributed by atoms with Gasteiger partial charge in [0.15, 0.2) is 5.16 Å². The van der Waals surface area contributed by atoms with Crippen molar-refractivity contribution < 1.29 is 4.79 Å². The number of para-hydroxylation sites is 2. The summed E-state index contributed by atoms with van der Waals surface area (Å²) in [4.78, 5) is 36.9. The van der Waals surface area contributed by atoms with Crippen LogP contribution in [-0.4, -0.2) is 32.7 Å². The first-order valence-electron chi connectivity index (χ1n) is 10.1. The molecule has 0 fully saturated rings. The molecule has 2 aromatic heterocycles. The molecule has 1 aliphatic heterocycles. The van der Waals surface area contributed by atoms with E-state index in [0.717, 1.165) is 17.7 Å². The highest BCUT2D eigenvalue weighted by Crippen LogP contribution is 2.29. The van der Waals surface area contributed by atoms with Gasteiger partial charge in [0.2, 0.25) is 5.91 Å². The van der Waals surface area contributed by atoms with Gasteiger partial charge in [-0.05, 0) is 41.8 Å². The van der Waals surface area contributed by atoms with Crippen LogP contribution in [-0.2, 0) is 17.8 Å². The van der Waals surface area contributed by atoms with Crippen molar-refractivity contribution in [1.82, 2.24) is 14.5 Å². The molecule has 2 aromatic carbocycles. The van der Waals surface area contributed by atoms with Gasteiger partial charge in [0.05, 0.1) is 23.2 Å². The largest absolute Gasteiger partial charge is 0.311 e. The molecule has 0 N–H and O–H groups in total. The molecule has 31 heavy (non-hydrogen) atoms. The molecule has 5 rings (SSSR count). The van der Waals surface area contributed by atoms with Gasteiger partial charge in [-0.15, -0.1) is 0 Å². The number of fused-ring (bicyclic) bond motifs is 2. The predicted octanol–water partition coefficient (Wildman–Crippen LogP) is 3.52. The highest BCUT2D eigenvalue weighted by molar-refractivity contribution is 7.99. The number of aromatic nitrogens is 3. The second kappa shape index (κ2) is 8.35. The average molecular weight is 429 g/mol. The Labute approximate surface area is 183 Å². The molecule has 0 spiro atoms. The molecule has 4 aromatic rings. The number of amides is 1. The lowest BCUT2D eigenvalue weighted by atomic mass is 10.2. The van der Waals surface area contributed by atoms with Crippen LogP contribution in [0.4, 0.5) is 5.69 Å². The topological polar surface area (TPSA) is 68.1 Å². The molecular weight excluding hydrogens is 408 g/mol. The van der Waals surface area contributed by atoms with Gasteiger partial charge in [0, 0.05) is 24.6 Å². The fraction of sp³-hybridized carbons (Fsp3) is 0.167. The Bertz CT molecular complexity index is 1320. The highest BCUT2D eigenvalue weighted by atomic mass is 32.2. The molecule has 0 unspecified atom stereocenters. The van der Waals surface area contributed by atoms with E-state index in [1.54, 1.807) is 23.0 Å². The summed E-state index contributed by atoms with van der Waals surface area (Å²) < 4.78 is 1.63. The number of carbonyl (C=O) groups excluding carboxylic acids is 1. The summed E-state index contributed by atoms with van der Waals surface area (Å²) >= 11 is 1.31. The van der Waals surface area contributed by atoms with E-state index in [9.17, 15) is 9.59 Å². The summed E-state index contributed by atoms with van der Waals surface area (Å²) in [5.41, 5.74) is 3.60.